The first-order chi connectivity index (χ1) is 10.1. The number of carbonyl (C=O) groups excluding carboxylic acids is 1. The molecule has 1 aromatic carbocycles. The number of hydrogen-bond donors (Lipinski definition) is 0. The fourth-order valence-electron chi connectivity index (χ4n) is 1.97. The molecule has 0 aliphatic heterocycles. The number of ketones is 1. The Labute approximate surface area is 134 Å². The van der Waals surface area contributed by atoms with Crippen LogP contribution in [0.1, 0.15) is 16.1 Å². The number of nitrogens with zero attached hydrogens (tertiary/aromatic N) is 2. The van der Waals surface area contributed by atoms with Crippen LogP contribution >= 0.6 is 23.2 Å². The van der Waals surface area contributed by atoms with E-state index in [1.54, 1.807) is 24.4 Å². The summed E-state index contributed by atoms with van der Waals surface area (Å²) >= 11 is 11.9. The number of benzene rings is 1. The monoisotopic (exact) mass is 322 g/mol. The average molecular weight is 323 g/mol. The Kier molecular flexibility index (Phi) is 5.74. The van der Waals surface area contributed by atoms with Gasteiger partial charge in [-0.25, -0.2) is 0 Å². The van der Waals surface area contributed by atoms with E-state index in [9.17, 15) is 4.79 Å². The number of Topliss-reactive ketones (excluding diaryl/α,β-unsaturated/α-hetero) is 1. The van der Waals surface area contributed by atoms with Crippen LogP contribution in [0.25, 0.3) is 0 Å². The molecule has 0 N–H and O–H groups in total. The van der Waals surface area contributed by atoms with Crippen molar-refractivity contribution >= 4 is 29.0 Å². The second-order valence-corrected chi connectivity index (χ2v) is 5.70. The van der Waals surface area contributed by atoms with Crippen molar-refractivity contribution in [2.45, 2.75) is 6.42 Å². The number of pyridine rings is 1. The first kappa shape index (κ1) is 16.0. The van der Waals surface area contributed by atoms with Gasteiger partial charge in [0.15, 0.2) is 5.78 Å². The van der Waals surface area contributed by atoms with Crippen LogP contribution in [-0.2, 0) is 6.42 Å². The molecule has 0 aliphatic carbocycles. The summed E-state index contributed by atoms with van der Waals surface area (Å²) in [5.74, 6) is -0.0361. The lowest BCUT2D eigenvalue weighted by molar-refractivity contribution is 0.0947. The zero-order chi connectivity index (χ0) is 15.2. The van der Waals surface area contributed by atoms with Gasteiger partial charge in [0.2, 0.25) is 0 Å². The lowest BCUT2D eigenvalue weighted by Crippen LogP contribution is -2.28. The van der Waals surface area contributed by atoms with Crippen LogP contribution in [0.5, 0.6) is 0 Å². The first-order valence-electron chi connectivity index (χ1n) is 6.63. The fraction of sp³-hybridized carbons (Fsp3) is 0.250. The zero-order valence-electron chi connectivity index (χ0n) is 11.7. The van der Waals surface area contributed by atoms with Gasteiger partial charge in [-0.1, -0.05) is 29.3 Å². The topological polar surface area (TPSA) is 33.2 Å². The highest BCUT2D eigenvalue weighted by atomic mass is 35.5. The molecule has 110 valence electrons. The Bertz CT molecular complexity index is 617. The number of halogens is 2. The second-order valence-electron chi connectivity index (χ2n) is 4.86. The van der Waals surface area contributed by atoms with E-state index in [0.717, 1.165) is 18.7 Å². The fourth-order valence-corrected chi connectivity index (χ4v) is 2.37. The lowest BCUT2D eigenvalue weighted by Gasteiger charge is -2.16. The van der Waals surface area contributed by atoms with Crippen molar-refractivity contribution in [3.05, 3.63) is 63.9 Å². The quantitative estimate of drug-likeness (QED) is 0.759. The maximum absolute atomic E-state index is 12.2. The maximum atomic E-state index is 12.2. The number of carbonyl (C=O) groups is 1. The summed E-state index contributed by atoms with van der Waals surface area (Å²) in [5.41, 5.74) is 1.48. The summed E-state index contributed by atoms with van der Waals surface area (Å²) in [6.45, 7) is 1.05. The Morgan fingerprint density at radius 2 is 2.05 bits per heavy atom. The third-order valence-electron chi connectivity index (χ3n) is 3.12. The molecule has 0 saturated heterocycles. The SMILES string of the molecule is CN(CCc1ccccn1)CC(=O)c1cc(Cl)ccc1Cl. The van der Waals surface area contributed by atoms with Crippen LogP contribution in [0.4, 0.5) is 0 Å². The number of aromatic nitrogens is 1. The van der Waals surface area contributed by atoms with Gasteiger partial charge in [-0.15, -0.1) is 0 Å². The number of hydrogen-bond acceptors (Lipinski definition) is 3. The molecule has 3 nitrogen and oxygen atoms in total. The van der Waals surface area contributed by atoms with Gasteiger partial charge in [0.05, 0.1) is 11.6 Å². The van der Waals surface area contributed by atoms with Gasteiger partial charge < -0.3 is 0 Å². The molecule has 0 spiro atoms. The maximum Gasteiger partial charge on any atom is 0.178 e. The van der Waals surface area contributed by atoms with Gasteiger partial charge in [0.25, 0.3) is 0 Å². The second kappa shape index (κ2) is 7.55. The zero-order valence-corrected chi connectivity index (χ0v) is 13.2. The minimum Gasteiger partial charge on any atom is -0.299 e. The molecular formula is C16H16Cl2N2O. The summed E-state index contributed by atoms with van der Waals surface area (Å²) < 4.78 is 0. The molecule has 0 unspecified atom stereocenters. The molecule has 0 fully saturated rings. The Morgan fingerprint density at radius 3 is 2.76 bits per heavy atom. The van der Waals surface area contributed by atoms with E-state index >= 15 is 0 Å². The van der Waals surface area contributed by atoms with Crippen molar-refractivity contribution in [3.8, 4) is 0 Å². The molecular weight excluding hydrogens is 307 g/mol. The molecule has 1 aromatic heterocycles. The van der Waals surface area contributed by atoms with Crippen molar-refractivity contribution in [1.82, 2.24) is 9.88 Å². The Balaban J connectivity index is 1.91. The minimum absolute atomic E-state index is 0.0361. The van der Waals surface area contributed by atoms with Crippen LogP contribution in [0, 0.1) is 0 Å². The van der Waals surface area contributed by atoms with Crippen LogP contribution < -0.4 is 0 Å². The van der Waals surface area contributed by atoms with E-state index < -0.39 is 0 Å². The summed E-state index contributed by atoms with van der Waals surface area (Å²) in [5, 5.41) is 0.946. The molecule has 0 amide bonds. The van der Waals surface area contributed by atoms with Crippen LogP contribution in [0.2, 0.25) is 10.0 Å². The minimum atomic E-state index is -0.0361. The molecule has 2 aromatic rings. The average Bonchev–Trinajstić information content (AvgIpc) is 2.48. The Hall–Kier alpha value is -1.42. The van der Waals surface area contributed by atoms with Gasteiger partial charge in [0.1, 0.15) is 0 Å². The van der Waals surface area contributed by atoms with Gasteiger partial charge in [-0.05, 0) is 37.4 Å². The highest BCUT2D eigenvalue weighted by Crippen LogP contribution is 2.21. The highest BCUT2D eigenvalue weighted by molar-refractivity contribution is 6.36. The Morgan fingerprint density at radius 1 is 1.24 bits per heavy atom. The normalized spacial score (nSPS) is 10.9. The molecule has 21 heavy (non-hydrogen) atoms. The molecule has 0 bridgehead atoms. The van der Waals surface area contributed by atoms with Gasteiger partial charge in [0, 0.05) is 35.4 Å². The summed E-state index contributed by atoms with van der Waals surface area (Å²) in [4.78, 5) is 18.5. The molecule has 2 rings (SSSR count). The van der Waals surface area contributed by atoms with E-state index in [1.165, 1.54) is 0 Å². The third-order valence-corrected chi connectivity index (χ3v) is 3.68. The molecule has 0 saturated carbocycles. The van der Waals surface area contributed by atoms with Crippen molar-refractivity contribution in [2.75, 3.05) is 20.1 Å². The predicted octanol–water partition coefficient (Wildman–Crippen LogP) is 3.75. The largest absolute Gasteiger partial charge is 0.299 e. The van der Waals surface area contributed by atoms with Crippen molar-refractivity contribution in [3.63, 3.8) is 0 Å². The predicted molar refractivity (Wildman–Crippen MR) is 86.2 cm³/mol. The summed E-state index contributed by atoms with van der Waals surface area (Å²) in [7, 11) is 1.90. The van der Waals surface area contributed by atoms with Crippen LogP contribution in [0.3, 0.4) is 0 Å². The smallest absolute Gasteiger partial charge is 0.178 e. The highest BCUT2D eigenvalue weighted by Gasteiger charge is 2.13. The van der Waals surface area contributed by atoms with E-state index in [4.69, 9.17) is 23.2 Å². The molecule has 0 aliphatic rings. The van der Waals surface area contributed by atoms with Crippen molar-refractivity contribution in [2.24, 2.45) is 0 Å². The van der Waals surface area contributed by atoms with Gasteiger partial charge in [-0.3, -0.25) is 14.7 Å². The number of rotatable bonds is 6. The number of likely N-dealkylation sites (N-methyl/N-ethyl adjacent to an activating group) is 1. The van der Waals surface area contributed by atoms with E-state index in [1.807, 2.05) is 30.1 Å². The lowest BCUT2D eigenvalue weighted by atomic mass is 10.1. The van der Waals surface area contributed by atoms with E-state index in [0.29, 0.717) is 22.2 Å². The molecule has 0 radical (unpaired) electrons. The van der Waals surface area contributed by atoms with Gasteiger partial charge in [-0.2, -0.15) is 0 Å². The molecule has 1 heterocycles. The standard InChI is InChI=1S/C16H16Cl2N2O/c1-20(9-7-13-4-2-3-8-19-13)11-16(21)14-10-12(17)5-6-15(14)18/h2-6,8,10H,7,9,11H2,1H3. The summed E-state index contributed by atoms with van der Waals surface area (Å²) in [6.07, 6.45) is 2.57. The first-order valence-corrected chi connectivity index (χ1v) is 7.38. The van der Waals surface area contributed by atoms with E-state index in [-0.39, 0.29) is 5.78 Å². The molecule has 5 heteroatoms. The van der Waals surface area contributed by atoms with Crippen molar-refractivity contribution < 1.29 is 4.79 Å². The van der Waals surface area contributed by atoms with Crippen molar-refractivity contribution in [1.29, 1.82) is 0 Å². The van der Waals surface area contributed by atoms with Gasteiger partial charge >= 0.3 is 0 Å². The van der Waals surface area contributed by atoms with E-state index in [2.05, 4.69) is 4.98 Å². The third kappa shape index (κ3) is 4.81. The summed E-state index contributed by atoms with van der Waals surface area (Å²) in [6, 6.07) is 10.7. The van der Waals surface area contributed by atoms with Crippen LogP contribution in [-0.4, -0.2) is 35.8 Å². The molecule has 0 atom stereocenters. The van der Waals surface area contributed by atoms with Crippen LogP contribution in [0.15, 0.2) is 42.6 Å².